The lowest BCUT2D eigenvalue weighted by Gasteiger charge is -2.14. The third-order valence-corrected chi connectivity index (χ3v) is 5.18. The van der Waals surface area contributed by atoms with E-state index in [9.17, 15) is 4.79 Å². The van der Waals surface area contributed by atoms with Gasteiger partial charge in [0, 0.05) is 17.2 Å². The molecule has 180 valence electrons. The second-order valence-corrected chi connectivity index (χ2v) is 7.78. The number of anilines is 1. The highest BCUT2D eigenvalue weighted by Gasteiger charge is 2.15. The van der Waals surface area contributed by atoms with E-state index in [0.29, 0.717) is 53.2 Å². The highest BCUT2D eigenvalue weighted by molar-refractivity contribution is 7.80. The number of carbonyl (C=O) groups is 1. The monoisotopic (exact) mass is 491 g/mol. The molecule has 0 fully saturated rings. The van der Waals surface area contributed by atoms with Gasteiger partial charge >= 0.3 is 0 Å². The van der Waals surface area contributed by atoms with Crippen LogP contribution < -0.4 is 24.8 Å². The van der Waals surface area contributed by atoms with Gasteiger partial charge in [-0.1, -0.05) is 12.1 Å². The molecule has 0 aliphatic heterocycles. The molecular formula is C26H25N3O5S. The lowest BCUT2D eigenvalue weighted by atomic mass is 10.1. The summed E-state index contributed by atoms with van der Waals surface area (Å²) >= 11 is 5.40. The van der Waals surface area contributed by atoms with Gasteiger partial charge in [0.2, 0.25) is 5.89 Å². The molecule has 2 N–H and O–H groups in total. The van der Waals surface area contributed by atoms with Crippen molar-refractivity contribution < 1.29 is 23.4 Å². The van der Waals surface area contributed by atoms with Crippen LogP contribution in [0.15, 0.2) is 65.1 Å². The number of hydrogen-bond donors (Lipinski definition) is 2. The first kappa shape index (κ1) is 24.0. The fraction of sp³-hybridized carbons (Fsp3) is 0.192. The summed E-state index contributed by atoms with van der Waals surface area (Å²) in [7, 11) is 1.55. The molecule has 0 bridgehead atoms. The largest absolute Gasteiger partial charge is 0.495 e. The Morgan fingerprint density at radius 1 is 1.00 bits per heavy atom. The van der Waals surface area contributed by atoms with Gasteiger partial charge in [0.05, 0.1) is 26.0 Å². The van der Waals surface area contributed by atoms with Crippen molar-refractivity contribution in [3.8, 4) is 28.7 Å². The number of hydrogen-bond acceptors (Lipinski definition) is 7. The molecular weight excluding hydrogens is 466 g/mol. The van der Waals surface area contributed by atoms with Crippen molar-refractivity contribution >= 4 is 40.0 Å². The number of nitrogens with zero attached hydrogens (tertiary/aromatic N) is 1. The molecule has 3 aromatic carbocycles. The van der Waals surface area contributed by atoms with Crippen molar-refractivity contribution in [3.63, 3.8) is 0 Å². The molecule has 0 unspecified atom stereocenters. The Balaban J connectivity index is 1.53. The van der Waals surface area contributed by atoms with Crippen molar-refractivity contribution in [1.82, 2.24) is 10.3 Å². The molecule has 0 saturated carbocycles. The van der Waals surface area contributed by atoms with Crippen LogP contribution in [0.3, 0.4) is 0 Å². The molecule has 9 heteroatoms. The maximum atomic E-state index is 12.9. The van der Waals surface area contributed by atoms with E-state index in [1.165, 1.54) is 0 Å². The second kappa shape index (κ2) is 10.9. The Bertz CT molecular complexity index is 1310. The van der Waals surface area contributed by atoms with E-state index >= 15 is 0 Å². The minimum absolute atomic E-state index is 0.0998. The number of fused-ring (bicyclic) bond motifs is 1. The average molecular weight is 492 g/mol. The van der Waals surface area contributed by atoms with Crippen LogP contribution in [0.4, 0.5) is 5.69 Å². The third-order valence-electron chi connectivity index (χ3n) is 4.98. The zero-order valence-corrected chi connectivity index (χ0v) is 20.4. The number of ether oxygens (including phenoxy) is 3. The Morgan fingerprint density at radius 3 is 2.37 bits per heavy atom. The van der Waals surface area contributed by atoms with E-state index in [-0.39, 0.29) is 5.11 Å². The minimum Gasteiger partial charge on any atom is -0.495 e. The number of nitrogens with one attached hydrogen (secondary N) is 2. The third kappa shape index (κ3) is 5.70. The molecule has 1 heterocycles. The molecule has 0 atom stereocenters. The summed E-state index contributed by atoms with van der Waals surface area (Å²) in [6.45, 7) is 4.67. The van der Waals surface area contributed by atoms with E-state index in [0.717, 1.165) is 11.1 Å². The van der Waals surface area contributed by atoms with Gasteiger partial charge in [0.15, 0.2) is 10.7 Å². The number of amides is 1. The van der Waals surface area contributed by atoms with Gasteiger partial charge < -0.3 is 23.9 Å². The van der Waals surface area contributed by atoms with Gasteiger partial charge in [-0.15, -0.1) is 0 Å². The van der Waals surface area contributed by atoms with Gasteiger partial charge in [-0.3, -0.25) is 10.1 Å². The highest BCUT2D eigenvalue weighted by atomic mass is 32.1. The molecule has 0 aliphatic rings. The fourth-order valence-corrected chi connectivity index (χ4v) is 3.67. The van der Waals surface area contributed by atoms with Gasteiger partial charge in [0.25, 0.3) is 5.91 Å². The lowest BCUT2D eigenvalue weighted by Crippen LogP contribution is -2.34. The van der Waals surface area contributed by atoms with E-state index < -0.39 is 5.91 Å². The second-order valence-electron chi connectivity index (χ2n) is 7.37. The van der Waals surface area contributed by atoms with Gasteiger partial charge in [-0.25, -0.2) is 4.98 Å². The number of methoxy groups -OCH3 is 1. The van der Waals surface area contributed by atoms with Gasteiger partial charge in [0.1, 0.15) is 22.8 Å². The molecule has 1 aromatic heterocycles. The molecule has 1 amide bonds. The smallest absolute Gasteiger partial charge is 0.257 e. The minimum atomic E-state index is -0.404. The van der Waals surface area contributed by atoms with E-state index in [4.69, 9.17) is 30.8 Å². The van der Waals surface area contributed by atoms with Crippen molar-refractivity contribution in [2.24, 2.45) is 0 Å². The Kier molecular flexibility index (Phi) is 7.47. The summed E-state index contributed by atoms with van der Waals surface area (Å²) in [5.74, 6) is 1.67. The maximum Gasteiger partial charge on any atom is 0.257 e. The van der Waals surface area contributed by atoms with Crippen molar-refractivity contribution in [1.29, 1.82) is 0 Å². The first-order chi connectivity index (χ1) is 17.0. The number of benzene rings is 3. The highest BCUT2D eigenvalue weighted by Crippen LogP contribution is 2.32. The van der Waals surface area contributed by atoms with E-state index in [2.05, 4.69) is 15.6 Å². The predicted octanol–water partition coefficient (Wildman–Crippen LogP) is 5.43. The Hall–Kier alpha value is -4.11. The van der Waals surface area contributed by atoms with Crippen LogP contribution in [0.25, 0.3) is 22.6 Å². The molecule has 8 nitrogen and oxygen atoms in total. The molecule has 0 aliphatic carbocycles. The summed E-state index contributed by atoms with van der Waals surface area (Å²) in [5.41, 5.74) is 3.09. The maximum absolute atomic E-state index is 12.9. The Morgan fingerprint density at radius 2 is 1.71 bits per heavy atom. The standard InChI is InChI=1S/C26H25N3O5S/c1-4-32-18-12-17(13-19(15-18)33-5-2)24(30)29-26(35)28-21-14-16(10-11-22(21)31-3)25-27-20-8-6-7-9-23(20)34-25/h6-15H,4-5H2,1-3H3,(H2,28,29,30,35). The summed E-state index contributed by atoms with van der Waals surface area (Å²) in [6.07, 6.45) is 0. The van der Waals surface area contributed by atoms with Crippen LogP contribution in [0.5, 0.6) is 17.2 Å². The van der Waals surface area contributed by atoms with E-state index in [1.54, 1.807) is 37.4 Å². The fourth-order valence-electron chi connectivity index (χ4n) is 3.47. The van der Waals surface area contributed by atoms with Crippen LogP contribution in [0.2, 0.25) is 0 Å². The summed E-state index contributed by atoms with van der Waals surface area (Å²) in [6, 6.07) is 18.0. The average Bonchev–Trinajstić information content (AvgIpc) is 3.28. The Labute approximate surface area is 208 Å². The molecule has 4 aromatic rings. The number of oxazole rings is 1. The topological polar surface area (TPSA) is 94.9 Å². The van der Waals surface area contributed by atoms with Crippen LogP contribution >= 0.6 is 12.2 Å². The molecule has 4 rings (SSSR count). The van der Waals surface area contributed by atoms with Crippen LogP contribution in [-0.2, 0) is 0 Å². The molecule has 0 spiro atoms. The summed E-state index contributed by atoms with van der Waals surface area (Å²) in [5, 5.41) is 5.82. The van der Waals surface area contributed by atoms with Crippen molar-refractivity contribution in [2.75, 3.05) is 25.6 Å². The van der Waals surface area contributed by atoms with Crippen LogP contribution in [-0.4, -0.2) is 36.3 Å². The number of carbonyl (C=O) groups excluding carboxylic acids is 1. The summed E-state index contributed by atoms with van der Waals surface area (Å²) < 4.78 is 22.4. The van der Waals surface area contributed by atoms with Crippen LogP contribution in [0.1, 0.15) is 24.2 Å². The van der Waals surface area contributed by atoms with Crippen LogP contribution in [0, 0.1) is 0 Å². The normalized spacial score (nSPS) is 10.6. The number of rotatable bonds is 8. The zero-order chi connectivity index (χ0) is 24.8. The van der Waals surface area contributed by atoms with Crippen molar-refractivity contribution in [3.05, 3.63) is 66.2 Å². The quantitative estimate of drug-likeness (QED) is 0.315. The number of thiocarbonyl (C=S) groups is 1. The molecule has 35 heavy (non-hydrogen) atoms. The van der Waals surface area contributed by atoms with E-state index in [1.807, 2.05) is 44.2 Å². The lowest BCUT2D eigenvalue weighted by molar-refractivity contribution is 0.0976. The zero-order valence-electron chi connectivity index (χ0n) is 19.6. The molecule has 0 saturated heterocycles. The van der Waals surface area contributed by atoms with Gasteiger partial charge in [-0.05, 0) is 68.5 Å². The first-order valence-corrected chi connectivity index (χ1v) is 11.5. The SMILES string of the molecule is CCOc1cc(OCC)cc(C(=O)NC(=S)Nc2cc(-c3nc4ccccc4o3)ccc2OC)c1. The first-order valence-electron chi connectivity index (χ1n) is 11.1. The predicted molar refractivity (Wildman–Crippen MR) is 138 cm³/mol. The van der Waals surface area contributed by atoms with Gasteiger partial charge in [-0.2, -0.15) is 0 Å². The number of para-hydroxylation sites is 2. The molecule has 0 radical (unpaired) electrons. The van der Waals surface area contributed by atoms with Crippen molar-refractivity contribution in [2.45, 2.75) is 13.8 Å². The number of aromatic nitrogens is 1. The summed E-state index contributed by atoms with van der Waals surface area (Å²) in [4.78, 5) is 17.4.